The van der Waals surface area contributed by atoms with Crippen LogP contribution in [0.2, 0.25) is 0 Å². The number of aromatic nitrogens is 2. The largest absolute Gasteiger partial charge is 0.296 e. The van der Waals surface area contributed by atoms with Crippen molar-refractivity contribution >= 4 is 26.3 Å². The minimum atomic E-state index is -2.90. The Morgan fingerprint density at radius 2 is 1.70 bits per heavy atom. The van der Waals surface area contributed by atoms with E-state index in [0.29, 0.717) is 4.90 Å². The molecule has 0 aliphatic rings. The van der Waals surface area contributed by atoms with Crippen LogP contribution in [0.4, 0.5) is 0 Å². The van der Waals surface area contributed by atoms with Crippen LogP contribution < -0.4 is 0 Å². The van der Waals surface area contributed by atoms with Gasteiger partial charge in [0.25, 0.3) is 0 Å². The Hall–Kier alpha value is -2.66. The van der Waals surface area contributed by atoms with Gasteiger partial charge in [-0.15, -0.1) is 0 Å². The molecule has 0 aliphatic carbocycles. The van der Waals surface area contributed by atoms with Crippen LogP contribution in [0.3, 0.4) is 0 Å². The van der Waals surface area contributed by atoms with Crippen molar-refractivity contribution in [2.45, 2.75) is 10.6 Å². The van der Waals surface area contributed by atoms with Crippen molar-refractivity contribution in [3.8, 4) is 0 Å². The predicted molar refractivity (Wildman–Crippen MR) is 92.0 cm³/mol. The molecule has 0 amide bonds. The van der Waals surface area contributed by atoms with Crippen LogP contribution in [0.5, 0.6) is 0 Å². The monoisotopic (exact) mass is 321 g/mol. The Bertz CT molecular complexity index is 1100. The molecule has 4 rings (SSSR count). The summed E-state index contributed by atoms with van der Waals surface area (Å²) in [6, 6.07) is 21.0. The smallest absolute Gasteiger partial charge is 0.137 e. The highest BCUT2D eigenvalue weighted by Crippen LogP contribution is 2.22. The third-order valence-corrected chi connectivity index (χ3v) is 5.66. The average molecular weight is 321 g/mol. The van der Waals surface area contributed by atoms with E-state index in [0.717, 1.165) is 22.2 Å². The Kier molecular flexibility index (Phi) is 3.16. The summed E-state index contributed by atoms with van der Waals surface area (Å²) in [6.07, 6.45) is 1.72. The number of benzene rings is 2. The lowest BCUT2D eigenvalue weighted by atomic mass is 10.2. The number of hydrogen-bond acceptors (Lipinski definition) is 3. The summed E-state index contributed by atoms with van der Waals surface area (Å²) in [4.78, 5) is 4.95. The molecule has 0 bridgehead atoms. The summed E-state index contributed by atoms with van der Waals surface area (Å²) in [5, 5.41) is 1.09. The van der Waals surface area contributed by atoms with Gasteiger partial charge in [0.05, 0.1) is 32.9 Å². The number of pyridine rings is 1. The lowest BCUT2D eigenvalue weighted by Gasteiger charge is -2.09. The van der Waals surface area contributed by atoms with Crippen molar-refractivity contribution in [3.05, 3.63) is 78.6 Å². The van der Waals surface area contributed by atoms with E-state index in [4.69, 9.17) is 4.78 Å². The summed E-state index contributed by atoms with van der Waals surface area (Å²) in [5.74, 6) is 0.145. The molecule has 0 saturated carbocycles. The van der Waals surface area contributed by atoms with Gasteiger partial charge in [0.2, 0.25) is 0 Å². The van der Waals surface area contributed by atoms with Crippen LogP contribution in [-0.2, 0) is 15.5 Å². The van der Waals surface area contributed by atoms with E-state index >= 15 is 0 Å². The van der Waals surface area contributed by atoms with E-state index in [-0.39, 0.29) is 5.75 Å². The molecule has 1 N–H and O–H groups in total. The second-order valence-electron chi connectivity index (χ2n) is 5.47. The number of para-hydroxylation sites is 1. The molecule has 2 aromatic carbocycles. The lowest BCUT2D eigenvalue weighted by molar-refractivity contribution is 0.673. The second kappa shape index (κ2) is 5.21. The SMILES string of the molecule is N=S(=O)(Cc1cnc2ccc3ccccc3n12)c1ccccc1. The van der Waals surface area contributed by atoms with Gasteiger partial charge in [-0.25, -0.2) is 14.0 Å². The summed E-state index contributed by atoms with van der Waals surface area (Å²) in [7, 11) is -2.90. The molecule has 0 saturated heterocycles. The Labute approximate surface area is 134 Å². The van der Waals surface area contributed by atoms with E-state index in [2.05, 4.69) is 4.98 Å². The van der Waals surface area contributed by atoms with Crippen molar-refractivity contribution < 1.29 is 4.21 Å². The van der Waals surface area contributed by atoms with Gasteiger partial charge in [-0.1, -0.05) is 36.4 Å². The maximum atomic E-state index is 12.9. The summed E-state index contributed by atoms with van der Waals surface area (Å²) >= 11 is 0. The van der Waals surface area contributed by atoms with Gasteiger partial charge in [0.15, 0.2) is 0 Å². The van der Waals surface area contributed by atoms with Gasteiger partial charge in [0.1, 0.15) is 5.65 Å². The fourth-order valence-electron chi connectivity index (χ4n) is 2.83. The minimum Gasteiger partial charge on any atom is -0.296 e. The van der Waals surface area contributed by atoms with Gasteiger partial charge >= 0.3 is 0 Å². The maximum absolute atomic E-state index is 12.9. The highest BCUT2D eigenvalue weighted by molar-refractivity contribution is 7.91. The molecule has 0 aliphatic heterocycles. The predicted octanol–water partition coefficient (Wildman–Crippen LogP) is 4.09. The molecule has 1 atom stereocenters. The van der Waals surface area contributed by atoms with Crippen LogP contribution >= 0.6 is 0 Å². The molecule has 23 heavy (non-hydrogen) atoms. The zero-order chi connectivity index (χ0) is 15.9. The number of nitrogens with zero attached hydrogens (tertiary/aromatic N) is 2. The van der Waals surface area contributed by atoms with Crippen molar-refractivity contribution in [2.75, 3.05) is 0 Å². The lowest BCUT2D eigenvalue weighted by Crippen LogP contribution is -2.05. The van der Waals surface area contributed by atoms with Crippen LogP contribution in [0.15, 0.2) is 77.8 Å². The van der Waals surface area contributed by atoms with Gasteiger partial charge in [-0.2, -0.15) is 0 Å². The van der Waals surface area contributed by atoms with Crippen molar-refractivity contribution in [2.24, 2.45) is 0 Å². The molecule has 1 unspecified atom stereocenters. The van der Waals surface area contributed by atoms with Crippen molar-refractivity contribution in [1.29, 1.82) is 4.78 Å². The summed E-state index contributed by atoms with van der Waals surface area (Å²) in [6.45, 7) is 0. The van der Waals surface area contributed by atoms with Gasteiger partial charge in [0, 0.05) is 4.90 Å². The van der Waals surface area contributed by atoms with E-state index in [9.17, 15) is 4.21 Å². The maximum Gasteiger partial charge on any atom is 0.137 e. The van der Waals surface area contributed by atoms with Crippen LogP contribution in [0.1, 0.15) is 5.69 Å². The van der Waals surface area contributed by atoms with Gasteiger partial charge in [-0.3, -0.25) is 4.40 Å². The first-order valence-electron chi connectivity index (χ1n) is 7.31. The van der Waals surface area contributed by atoms with Crippen molar-refractivity contribution in [3.63, 3.8) is 0 Å². The van der Waals surface area contributed by atoms with Crippen LogP contribution in [0.25, 0.3) is 16.6 Å². The fraction of sp³-hybridized carbons (Fsp3) is 0.0556. The van der Waals surface area contributed by atoms with Crippen LogP contribution in [-0.4, -0.2) is 13.6 Å². The topological polar surface area (TPSA) is 58.2 Å². The minimum absolute atomic E-state index is 0.145. The third-order valence-electron chi connectivity index (χ3n) is 3.93. The van der Waals surface area contributed by atoms with E-state index in [1.54, 1.807) is 18.3 Å². The molecule has 0 spiro atoms. The average Bonchev–Trinajstić information content (AvgIpc) is 2.98. The molecule has 0 fully saturated rings. The fourth-order valence-corrected chi connectivity index (χ4v) is 4.21. The molecule has 2 heterocycles. The zero-order valence-corrected chi connectivity index (χ0v) is 13.2. The van der Waals surface area contributed by atoms with Gasteiger partial charge in [-0.05, 0) is 35.7 Å². The Balaban J connectivity index is 1.89. The summed E-state index contributed by atoms with van der Waals surface area (Å²) in [5.41, 5.74) is 2.61. The molecule has 2 aromatic heterocycles. The highest BCUT2D eigenvalue weighted by Gasteiger charge is 2.15. The quantitative estimate of drug-likeness (QED) is 0.618. The molecule has 0 radical (unpaired) electrons. The van der Waals surface area contributed by atoms with Gasteiger partial charge < -0.3 is 0 Å². The first kappa shape index (κ1) is 14.0. The summed E-state index contributed by atoms with van der Waals surface area (Å²) < 4.78 is 23.2. The normalized spacial score (nSPS) is 14.1. The molecular formula is C18H15N3OS. The molecule has 4 aromatic rings. The third kappa shape index (κ3) is 2.39. The molecule has 114 valence electrons. The molecular weight excluding hydrogens is 306 g/mol. The number of nitrogens with one attached hydrogen (secondary N) is 1. The number of hydrogen-bond donors (Lipinski definition) is 1. The number of rotatable bonds is 3. The second-order valence-corrected chi connectivity index (χ2v) is 7.58. The number of imidazole rings is 1. The zero-order valence-electron chi connectivity index (χ0n) is 12.3. The van der Waals surface area contributed by atoms with Crippen molar-refractivity contribution in [1.82, 2.24) is 9.38 Å². The van der Waals surface area contributed by atoms with E-state index in [1.165, 1.54) is 0 Å². The first-order chi connectivity index (χ1) is 11.1. The highest BCUT2D eigenvalue weighted by atomic mass is 32.2. The molecule has 5 heteroatoms. The molecule has 4 nitrogen and oxygen atoms in total. The Morgan fingerprint density at radius 1 is 0.957 bits per heavy atom. The van der Waals surface area contributed by atoms with E-state index in [1.807, 2.05) is 59.0 Å². The van der Waals surface area contributed by atoms with Crippen LogP contribution in [0, 0.1) is 4.78 Å². The number of fused-ring (bicyclic) bond motifs is 3. The first-order valence-corrected chi connectivity index (χ1v) is 9.03. The van der Waals surface area contributed by atoms with E-state index < -0.39 is 9.73 Å². The standard InChI is InChI=1S/C18H15N3OS/c19-23(22,16-7-2-1-3-8-16)13-15-12-20-18-11-10-14-6-4-5-9-17(14)21(15)18/h1-12,19H,13H2. The Morgan fingerprint density at radius 3 is 2.52 bits per heavy atom.